The number of nitrogens with one attached hydrogen (secondary N) is 1. The smallest absolute Gasteiger partial charge is 0.250 e. The molecule has 144 valence electrons. The van der Waals surface area contributed by atoms with Crippen LogP contribution in [0.25, 0.3) is 5.57 Å². The average Bonchev–Trinajstić information content (AvgIpc) is 2.57. The molecule has 1 aliphatic heterocycles. The lowest BCUT2D eigenvalue weighted by Gasteiger charge is -2.29. The lowest BCUT2D eigenvalue weighted by atomic mass is 9.57. The molecule has 0 radical (unpaired) electrons. The molecule has 1 N–H and O–H groups in total. The maximum Gasteiger partial charge on any atom is 0.250 e. The van der Waals surface area contributed by atoms with Crippen LogP contribution >= 0.6 is 0 Å². The van der Waals surface area contributed by atoms with Crippen LogP contribution in [0.15, 0.2) is 61.4 Å². The molecule has 0 fully saturated rings. The molecule has 0 bridgehead atoms. The molecule has 1 unspecified atom stereocenters. The Morgan fingerprint density at radius 3 is 2.70 bits per heavy atom. The van der Waals surface area contributed by atoms with Crippen LogP contribution in [0.4, 0.5) is 8.78 Å². The summed E-state index contributed by atoms with van der Waals surface area (Å²) < 4.78 is 26.3. The molecule has 0 saturated carbocycles. The molecule has 0 aromatic heterocycles. The van der Waals surface area contributed by atoms with Crippen molar-refractivity contribution in [3.8, 4) is 0 Å². The summed E-state index contributed by atoms with van der Waals surface area (Å²) in [6.07, 6.45) is 7.28. The van der Waals surface area contributed by atoms with E-state index in [-0.39, 0.29) is 12.4 Å². The Kier molecular flexibility index (Phi) is 7.23. The molecule has 27 heavy (non-hydrogen) atoms. The fourth-order valence-electron chi connectivity index (χ4n) is 3.74. The van der Waals surface area contributed by atoms with Crippen LogP contribution in [0.5, 0.6) is 0 Å². The summed E-state index contributed by atoms with van der Waals surface area (Å²) >= 11 is 0. The number of fused-ring (bicyclic) bond motifs is 1. The summed E-state index contributed by atoms with van der Waals surface area (Å²) in [5.41, 5.74) is 6.53. The monoisotopic (exact) mass is 369 g/mol. The Balaban J connectivity index is 2.02. The van der Waals surface area contributed by atoms with Gasteiger partial charge in [0.1, 0.15) is 0 Å². The van der Waals surface area contributed by atoms with Crippen molar-refractivity contribution in [2.24, 2.45) is 0 Å². The van der Waals surface area contributed by atoms with E-state index in [2.05, 4.69) is 43.3 Å². The van der Waals surface area contributed by atoms with Crippen molar-refractivity contribution in [3.63, 3.8) is 0 Å². The van der Waals surface area contributed by atoms with Gasteiger partial charge in [0.05, 0.1) is 6.42 Å². The summed E-state index contributed by atoms with van der Waals surface area (Å²) in [5, 5.41) is 3.20. The van der Waals surface area contributed by atoms with E-state index < -0.39 is 5.92 Å². The van der Waals surface area contributed by atoms with Crippen molar-refractivity contribution in [2.75, 3.05) is 0 Å². The van der Waals surface area contributed by atoms with Gasteiger partial charge in [-0.3, -0.25) is 0 Å². The minimum atomic E-state index is -2.72. The number of benzene rings is 1. The van der Waals surface area contributed by atoms with Gasteiger partial charge in [0.25, 0.3) is 5.92 Å². The Hall–Kier alpha value is -2.10. The highest BCUT2D eigenvalue weighted by atomic mass is 19.3. The lowest BCUT2D eigenvalue weighted by molar-refractivity contribution is 0.0211. The molecule has 1 atom stereocenters. The van der Waals surface area contributed by atoms with Crippen LogP contribution in [0.1, 0.15) is 49.8 Å². The summed E-state index contributed by atoms with van der Waals surface area (Å²) in [6.45, 7) is 15.1. The number of hydrogen-bond acceptors (Lipinski definition) is 1. The topological polar surface area (TPSA) is 12.0 Å². The fraction of sp³-hybridized carbons (Fsp3) is 0.391. The van der Waals surface area contributed by atoms with E-state index in [1.807, 2.05) is 19.1 Å². The van der Waals surface area contributed by atoms with Gasteiger partial charge in [-0.15, -0.1) is 0 Å². The zero-order valence-corrected chi connectivity index (χ0v) is 16.6. The lowest BCUT2D eigenvalue weighted by Crippen LogP contribution is -2.41. The van der Waals surface area contributed by atoms with Crippen LogP contribution in [0, 0.1) is 0 Å². The summed E-state index contributed by atoms with van der Waals surface area (Å²) in [5.74, 6) is -2.57. The molecule has 0 aliphatic carbocycles. The molecular weight excluding hydrogens is 339 g/mol. The number of rotatable bonds is 9. The van der Waals surface area contributed by atoms with E-state index in [1.165, 1.54) is 16.7 Å². The molecule has 0 saturated heterocycles. The third-order valence-corrected chi connectivity index (χ3v) is 4.95. The van der Waals surface area contributed by atoms with Crippen molar-refractivity contribution in [3.05, 3.63) is 78.0 Å². The predicted octanol–water partition coefficient (Wildman–Crippen LogP) is 5.58. The zero-order valence-electron chi connectivity index (χ0n) is 16.6. The molecule has 2 rings (SSSR count). The van der Waals surface area contributed by atoms with Gasteiger partial charge >= 0.3 is 0 Å². The predicted molar refractivity (Wildman–Crippen MR) is 115 cm³/mol. The van der Waals surface area contributed by atoms with Crippen molar-refractivity contribution >= 4 is 12.9 Å². The average molecular weight is 369 g/mol. The van der Waals surface area contributed by atoms with E-state index in [9.17, 15) is 8.78 Å². The maximum atomic E-state index is 13.2. The quantitative estimate of drug-likeness (QED) is 0.443. The Morgan fingerprint density at radius 2 is 2.04 bits per heavy atom. The maximum absolute atomic E-state index is 13.2. The van der Waals surface area contributed by atoms with Gasteiger partial charge in [0.15, 0.2) is 7.28 Å². The summed E-state index contributed by atoms with van der Waals surface area (Å²) in [6, 6.07) is 6.34. The molecule has 4 heteroatoms. The first-order valence-electron chi connectivity index (χ1n) is 9.61. The van der Waals surface area contributed by atoms with Crippen molar-refractivity contribution in [1.82, 2.24) is 5.32 Å². The van der Waals surface area contributed by atoms with Gasteiger partial charge in [-0.2, -0.15) is 0 Å². The second-order valence-electron chi connectivity index (χ2n) is 7.64. The van der Waals surface area contributed by atoms with Crippen molar-refractivity contribution in [2.45, 2.75) is 57.7 Å². The highest BCUT2D eigenvalue weighted by Crippen LogP contribution is 2.29. The fourth-order valence-corrected chi connectivity index (χ4v) is 3.74. The molecule has 1 heterocycles. The molecule has 1 aromatic rings. The number of alkyl halides is 2. The first kappa shape index (κ1) is 21.2. The van der Waals surface area contributed by atoms with Gasteiger partial charge < -0.3 is 5.32 Å². The third-order valence-electron chi connectivity index (χ3n) is 4.95. The van der Waals surface area contributed by atoms with Gasteiger partial charge in [-0.25, -0.2) is 8.78 Å². The van der Waals surface area contributed by atoms with Crippen LogP contribution < -0.4 is 5.32 Å². The van der Waals surface area contributed by atoms with Crippen LogP contribution in [-0.4, -0.2) is 19.1 Å². The van der Waals surface area contributed by atoms with Crippen molar-refractivity contribution < 1.29 is 8.78 Å². The van der Waals surface area contributed by atoms with Gasteiger partial charge in [-0.05, 0) is 61.7 Å². The first-order chi connectivity index (χ1) is 12.7. The highest BCUT2D eigenvalue weighted by Gasteiger charge is 2.26. The van der Waals surface area contributed by atoms with Crippen molar-refractivity contribution in [1.29, 1.82) is 0 Å². The normalized spacial score (nSPS) is 16.5. The number of allylic oxidation sites excluding steroid dienone is 5. The Bertz CT molecular complexity index is 743. The number of hydrogen-bond donors (Lipinski definition) is 1. The molecule has 1 aliphatic rings. The van der Waals surface area contributed by atoms with E-state index >= 15 is 0 Å². The second kappa shape index (κ2) is 9.21. The third kappa shape index (κ3) is 6.53. The SMILES string of the molecule is C=C(/C=C\C)CCC(=C)c1cccc2c1CBC(NC(=C)CC(C)(F)F)C2. The molecule has 0 amide bonds. The van der Waals surface area contributed by atoms with E-state index in [1.54, 1.807) is 0 Å². The van der Waals surface area contributed by atoms with Crippen LogP contribution in [-0.2, 0) is 12.7 Å². The van der Waals surface area contributed by atoms with Gasteiger partial charge in [0.2, 0.25) is 0 Å². The zero-order chi connectivity index (χ0) is 20.0. The minimum absolute atomic E-state index is 0.158. The van der Waals surface area contributed by atoms with E-state index in [0.29, 0.717) is 5.70 Å². The summed E-state index contributed by atoms with van der Waals surface area (Å²) in [4.78, 5) is 0. The highest BCUT2D eigenvalue weighted by molar-refractivity contribution is 6.38. The minimum Gasteiger partial charge on any atom is -0.393 e. The van der Waals surface area contributed by atoms with Gasteiger partial charge in [-0.1, -0.05) is 55.7 Å². The Labute approximate surface area is 163 Å². The number of halogens is 2. The molecule has 1 aromatic carbocycles. The van der Waals surface area contributed by atoms with Gasteiger partial charge in [0, 0.05) is 11.6 Å². The summed E-state index contributed by atoms with van der Waals surface area (Å²) in [7, 11) is 0.914. The van der Waals surface area contributed by atoms with E-state index in [4.69, 9.17) is 0 Å². The molecule has 1 nitrogen and oxygen atoms in total. The largest absolute Gasteiger partial charge is 0.393 e. The molecule has 0 spiro atoms. The van der Waals surface area contributed by atoms with Crippen LogP contribution in [0.2, 0.25) is 0 Å². The molecular formula is C23H30BF2N. The first-order valence-corrected chi connectivity index (χ1v) is 9.61. The standard InChI is InChI=1S/C23H30BF2N/c1-6-8-16(2)11-12-17(3)20-10-7-9-19-13-22(24-15-21(19)20)27-18(4)14-23(5,25)26/h6-10,22,24,27H,2-4,11-15H2,1,5H3/b8-6-. The Morgan fingerprint density at radius 1 is 1.30 bits per heavy atom. The second-order valence-corrected chi connectivity index (χ2v) is 7.64. The van der Waals surface area contributed by atoms with Crippen LogP contribution in [0.3, 0.4) is 0 Å². The van der Waals surface area contributed by atoms with E-state index in [0.717, 1.165) is 50.9 Å².